The first-order valence-electron chi connectivity index (χ1n) is 14.8. The van der Waals surface area contributed by atoms with Crippen LogP contribution >= 0.6 is 0 Å². The lowest BCUT2D eigenvalue weighted by atomic mass is 9.92. The number of nitrogens with one attached hydrogen (secondary N) is 3. The van der Waals surface area contributed by atoms with Crippen molar-refractivity contribution in [3.05, 3.63) is 11.9 Å². The van der Waals surface area contributed by atoms with E-state index in [0.717, 1.165) is 25.0 Å². The third-order valence-electron chi connectivity index (χ3n) is 7.06. The zero-order valence-corrected chi connectivity index (χ0v) is 26.6. The minimum Gasteiger partial charge on any atom is -0.376 e. The molecule has 236 valence electrons. The first-order chi connectivity index (χ1) is 19.1. The van der Waals surface area contributed by atoms with E-state index < -0.39 is 11.0 Å². The Morgan fingerprint density at radius 2 is 1.68 bits per heavy atom. The number of carbonyl (C=O) groups is 3. The number of unbranched alkanes of at least 4 members (excludes halogenated alkanes) is 1. The number of carbonyl (C=O) groups excluding carboxylic acids is 3. The highest BCUT2D eigenvalue weighted by molar-refractivity contribution is 5.82. The Balaban J connectivity index is 2.30. The molecule has 0 radical (unpaired) electrons. The summed E-state index contributed by atoms with van der Waals surface area (Å²) in [5.74, 6) is -0.507. The van der Waals surface area contributed by atoms with Crippen LogP contribution in [0.2, 0.25) is 0 Å². The number of primary amides is 1. The normalized spacial score (nSPS) is 13.2. The molecule has 1 heterocycles. The van der Waals surface area contributed by atoms with E-state index in [2.05, 4.69) is 40.1 Å². The molecule has 41 heavy (non-hydrogen) atoms. The van der Waals surface area contributed by atoms with Gasteiger partial charge in [0, 0.05) is 45.3 Å². The molecule has 0 spiro atoms. The molecule has 12 nitrogen and oxygen atoms in total. The molecule has 1 aromatic rings. The second-order valence-corrected chi connectivity index (χ2v) is 12.4. The standard InChI is InChI=1S/C29H55N7O5/c1-9-40-29(6,7)16-19-36-20-22(34-35-36)13-14-24(37)32-18-15-28(4,5)41-21-27(2,3)26(39)33-17-11-10-12-23(31-8)25(30)38/h20,23,31H,9-19,21H2,1-8H3,(H2,30,38)(H,32,37)(H,33,39). The number of hydrogen-bond donors (Lipinski definition) is 4. The molecule has 1 aromatic heterocycles. The predicted molar refractivity (Wildman–Crippen MR) is 159 cm³/mol. The third kappa shape index (κ3) is 15.3. The quantitative estimate of drug-likeness (QED) is 0.151. The number of amides is 3. The summed E-state index contributed by atoms with van der Waals surface area (Å²) < 4.78 is 13.6. The van der Waals surface area contributed by atoms with Crippen molar-refractivity contribution in [3.8, 4) is 0 Å². The van der Waals surface area contributed by atoms with Gasteiger partial charge in [0.2, 0.25) is 17.7 Å². The smallest absolute Gasteiger partial charge is 0.234 e. The number of nitrogens with two attached hydrogens (primary N) is 1. The first-order valence-corrected chi connectivity index (χ1v) is 14.8. The monoisotopic (exact) mass is 581 g/mol. The molecular formula is C29H55N7O5. The summed E-state index contributed by atoms with van der Waals surface area (Å²) in [4.78, 5) is 36.3. The second-order valence-electron chi connectivity index (χ2n) is 12.4. The summed E-state index contributed by atoms with van der Waals surface area (Å²) in [6, 6.07) is -0.348. The number of nitrogens with zero attached hydrogens (tertiary/aromatic N) is 3. The number of likely N-dealkylation sites (N-methyl/N-ethyl adjacent to an activating group) is 1. The molecule has 3 amide bonds. The van der Waals surface area contributed by atoms with Crippen molar-refractivity contribution in [2.24, 2.45) is 11.1 Å². The molecule has 0 bridgehead atoms. The molecule has 0 aromatic carbocycles. The fourth-order valence-corrected chi connectivity index (χ4v) is 4.10. The zero-order valence-electron chi connectivity index (χ0n) is 26.6. The highest BCUT2D eigenvalue weighted by Crippen LogP contribution is 2.22. The summed E-state index contributed by atoms with van der Waals surface area (Å²) in [5.41, 5.74) is 4.67. The Labute approximate surface area is 246 Å². The molecule has 0 fully saturated rings. The lowest BCUT2D eigenvalue weighted by Crippen LogP contribution is -2.43. The Hall–Kier alpha value is -2.57. The van der Waals surface area contributed by atoms with Crippen LogP contribution in [0.1, 0.15) is 92.7 Å². The van der Waals surface area contributed by atoms with Crippen LogP contribution in [0.5, 0.6) is 0 Å². The summed E-state index contributed by atoms with van der Waals surface area (Å²) >= 11 is 0. The predicted octanol–water partition coefficient (Wildman–Crippen LogP) is 2.10. The van der Waals surface area contributed by atoms with Crippen LogP contribution in [-0.4, -0.2) is 83.3 Å². The van der Waals surface area contributed by atoms with E-state index in [-0.39, 0.29) is 36.0 Å². The topological polar surface area (TPSA) is 162 Å². The van der Waals surface area contributed by atoms with Crippen LogP contribution < -0.4 is 21.7 Å². The highest BCUT2D eigenvalue weighted by Gasteiger charge is 2.31. The van der Waals surface area contributed by atoms with Gasteiger partial charge < -0.3 is 31.2 Å². The molecule has 0 aliphatic rings. The van der Waals surface area contributed by atoms with Gasteiger partial charge in [0.25, 0.3) is 0 Å². The second kappa shape index (κ2) is 17.4. The first kappa shape index (κ1) is 36.5. The molecule has 0 aliphatic heterocycles. The number of rotatable bonds is 22. The van der Waals surface area contributed by atoms with E-state index in [1.165, 1.54) is 0 Å². The minimum absolute atomic E-state index is 0.0515. The molecular weight excluding hydrogens is 526 g/mol. The lowest BCUT2D eigenvalue weighted by Gasteiger charge is -2.31. The van der Waals surface area contributed by atoms with Crippen LogP contribution in [0, 0.1) is 5.41 Å². The Kier molecular flexibility index (Phi) is 15.5. The van der Waals surface area contributed by atoms with Crippen LogP contribution in [0.4, 0.5) is 0 Å². The number of hydrogen-bond acceptors (Lipinski definition) is 8. The zero-order chi connectivity index (χ0) is 31.1. The van der Waals surface area contributed by atoms with Crippen molar-refractivity contribution in [3.63, 3.8) is 0 Å². The van der Waals surface area contributed by atoms with Crippen LogP contribution in [0.25, 0.3) is 0 Å². The molecule has 0 saturated carbocycles. The van der Waals surface area contributed by atoms with Gasteiger partial charge in [0.05, 0.1) is 35.0 Å². The molecule has 0 saturated heterocycles. The molecule has 1 unspecified atom stereocenters. The summed E-state index contributed by atoms with van der Waals surface area (Å²) in [7, 11) is 1.71. The van der Waals surface area contributed by atoms with Crippen LogP contribution in [-0.2, 0) is 36.8 Å². The average Bonchev–Trinajstić information content (AvgIpc) is 3.35. The fourth-order valence-electron chi connectivity index (χ4n) is 4.10. The average molecular weight is 582 g/mol. The summed E-state index contributed by atoms with van der Waals surface area (Å²) in [6.07, 6.45) is 6.32. The Morgan fingerprint density at radius 3 is 2.32 bits per heavy atom. The Morgan fingerprint density at radius 1 is 1.00 bits per heavy atom. The van der Waals surface area contributed by atoms with E-state index in [1.807, 2.05) is 40.8 Å². The molecule has 1 atom stereocenters. The summed E-state index contributed by atoms with van der Waals surface area (Å²) in [6.45, 7) is 16.3. The molecule has 1 rings (SSSR count). The van der Waals surface area contributed by atoms with Crippen molar-refractivity contribution < 1.29 is 23.9 Å². The number of aromatic nitrogens is 3. The van der Waals surface area contributed by atoms with Crippen molar-refractivity contribution in [1.29, 1.82) is 0 Å². The minimum atomic E-state index is -0.711. The van der Waals surface area contributed by atoms with E-state index in [4.69, 9.17) is 15.2 Å². The van der Waals surface area contributed by atoms with Gasteiger partial charge in [-0.25, -0.2) is 0 Å². The van der Waals surface area contributed by atoms with Gasteiger partial charge in [-0.2, -0.15) is 0 Å². The van der Waals surface area contributed by atoms with Crippen LogP contribution in [0.15, 0.2) is 6.20 Å². The maximum atomic E-state index is 12.7. The summed E-state index contributed by atoms with van der Waals surface area (Å²) in [5, 5.41) is 17.1. The largest absolute Gasteiger partial charge is 0.376 e. The van der Waals surface area contributed by atoms with Crippen LogP contribution in [0.3, 0.4) is 0 Å². The van der Waals surface area contributed by atoms with Crippen molar-refractivity contribution in [1.82, 2.24) is 30.9 Å². The molecule has 5 N–H and O–H groups in total. The van der Waals surface area contributed by atoms with Gasteiger partial charge >= 0.3 is 0 Å². The van der Waals surface area contributed by atoms with Crippen molar-refractivity contribution >= 4 is 17.7 Å². The molecule has 12 heteroatoms. The van der Waals surface area contributed by atoms with Gasteiger partial charge in [-0.15, -0.1) is 5.10 Å². The maximum absolute atomic E-state index is 12.7. The van der Waals surface area contributed by atoms with Gasteiger partial charge in [-0.3, -0.25) is 19.1 Å². The fraction of sp³-hybridized carbons (Fsp3) is 0.828. The Bertz CT molecular complexity index is 946. The van der Waals surface area contributed by atoms with Gasteiger partial charge in [0.15, 0.2) is 0 Å². The van der Waals surface area contributed by atoms with E-state index in [1.54, 1.807) is 11.7 Å². The SMILES string of the molecule is CCOC(C)(C)CCn1cc(CCC(=O)NCCC(C)(C)OCC(C)(C)C(=O)NCCCCC(NC)C(N)=O)nn1. The van der Waals surface area contributed by atoms with Gasteiger partial charge in [-0.05, 0) is 87.6 Å². The lowest BCUT2D eigenvalue weighted by molar-refractivity contribution is -0.137. The third-order valence-corrected chi connectivity index (χ3v) is 7.06. The van der Waals surface area contributed by atoms with E-state index >= 15 is 0 Å². The van der Waals surface area contributed by atoms with Crippen molar-refractivity contribution in [2.45, 2.75) is 117 Å². The van der Waals surface area contributed by atoms with E-state index in [0.29, 0.717) is 51.9 Å². The van der Waals surface area contributed by atoms with Gasteiger partial charge in [0.1, 0.15) is 0 Å². The van der Waals surface area contributed by atoms with E-state index in [9.17, 15) is 14.4 Å². The molecule has 0 aliphatic carbocycles. The van der Waals surface area contributed by atoms with Crippen molar-refractivity contribution in [2.75, 3.05) is 33.4 Å². The van der Waals surface area contributed by atoms with Gasteiger partial charge in [-0.1, -0.05) is 5.21 Å². The number of aryl methyl sites for hydroxylation is 2. The highest BCUT2D eigenvalue weighted by atomic mass is 16.5. The number of ether oxygens (including phenoxy) is 2. The maximum Gasteiger partial charge on any atom is 0.234 e.